The molecule has 0 bridgehead atoms. The van der Waals surface area contributed by atoms with Crippen LogP contribution in [0.15, 0.2) is 36.8 Å². The molecule has 1 radical (unpaired) electrons. The minimum Gasteiger partial charge on any atom is -0.240 e. The molecular formula is C11H6ClN4. The van der Waals surface area contributed by atoms with Gasteiger partial charge < -0.3 is 0 Å². The maximum Gasteiger partial charge on any atom is 0.198 e. The predicted octanol–water partition coefficient (Wildman–Crippen LogP) is 2.24. The topological polar surface area (TPSA) is 43.1 Å². The first-order valence-corrected chi connectivity index (χ1v) is 5.05. The number of pyridine rings is 1. The van der Waals surface area contributed by atoms with Crippen LogP contribution in [0.4, 0.5) is 0 Å². The van der Waals surface area contributed by atoms with Crippen LogP contribution in [0.2, 0.25) is 5.02 Å². The standard InChI is InChI=1S/C11H6ClN4/c12-9-6-13-7-14-11(9)8-5-15-16-4-2-1-3-10(8)16/h1-6H. The van der Waals surface area contributed by atoms with Crippen molar-refractivity contribution < 1.29 is 0 Å². The maximum absolute atomic E-state index is 6.03. The van der Waals surface area contributed by atoms with Gasteiger partial charge in [-0.1, -0.05) is 17.7 Å². The van der Waals surface area contributed by atoms with E-state index in [0.29, 0.717) is 10.7 Å². The Hall–Kier alpha value is -1.94. The Balaban J connectivity index is 2.31. The lowest BCUT2D eigenvalue weighted by Gasteiger charge is -1.99. The van der Waals surface area contributed by atoms with Crippen LogP contribution in [0.3, 0.4) is 0 Å². The van der Waals surface area contributed by atoms with Gasteiger partial charge in [0.1, 0.15) is 0 Å². The summed E-state index contributed by atoms with van der Waals surface area (Å²) >= 11 is 6.03. The molecule has 0 atom stereocenters. The van der Waals surface area contributed by atoms with Crippen LogP contribution >= 0.6 is 11.6 Å². The molecule has 0 unspecified atom stereocenters. The molecule has 0 aromatic carbocycles. The molecular weight excluding hydrogens is 224 g/mol. The molecule has 3 aromatic rings. The summed E-state index contributed by atoms with van der Waals surface area (Å²) in [5.74, 6) is 0. The zero-order valence-corrected chi connectivity index (χ0v) is 8.89. The van der Waals surface area contributed by atoms with E-state index in [1.807, 2.05) is 24.4 Å². The third-order valence-electron chi connectivity index (χ3n) is 2.31. The van der Waals surface area contributed by atoms with Crippen LogP contribution in [0.5, 0.6) is 0 Å². The van der Waals surface area contributed by atoms with Crippen molar-refractivity contribution in [2.45, 2.75) is 0 Å². The van der Waals surface area contributed by atoms with Gasteiger partial charge >= 0.3 is 0 Å². The highest BCUT2D eigenvalue weighted by atomic mass is 35.5. The lowest BCUT2D eigenvalue weighted by Crippen LogP contribution is -1.87. The highest BCUT2D eigenvalue weighted by molar-refractivity contribution is 6.33. The van der Waals surface area contributed by atoms with Crippen molar-refractivity contribution in [3.8, 4) is 11.3 Å². The van der Waals surface area contributed by atoms with Crippen LogP contribution in [0.1, 0.15) is 0 Å². The van der Waals surface area contributed by atoms with Crippen molar-refractivity contribution in [2.24, 2.45) is 0 Å². The third kappa shape index (κ3) is 1.35. The van der Waals surface area contributed by atoms with E-state index in [-0.39, 0.29) is 0 Å². The average Bonchev–Trinajstić information content (AvgIpc) is 2.74. The molecule has 77 valence electrons. The van der Waals surface area contributed by atoms with Crippen molar-refractivity contribution in [3.63, 3.8) is 0 Å². The van der Waals surface area contributed by atoms with Gasteiger partial charge in [0.25, 0.3) is 0 Å². The number of hydrogen-bond donors (Lipinski definition) is 0. The van der Waals surface area contributed by atoms with E-state index in [2.05, 4.69) is 21.4 Å². The summed E-state index contributed by atoms with van der Waals surface area (Å²) in [6.45, 7) is 0. The van der Waals surface area contributed by atoms with E-state index in [0.717, 1.165) is 11.1 Å². The highest BCUT2D eigenvalue weighted by Crippen LogP contribution is 2.27. The predicted molar refractivity (Wildman–Crippen MR) is 60.1 cm³/mol. The van der Waals surface area contributed by atoms with Gasteiger partial charge in [-0.25, -0.2) is 14.5 Å². The SMILES string of the molecule is Clc1cn[c]nc1-c1cnn2ccccc12. The Kier molecular flexibility index (Phi) is 2.08. The summed E-state index contributed by atoms with van der Waals surface area (Å²) in [6.07, 6.45) is 7.66. The molecule has 4 nitrogen and oxygen atoms in total. The van der Waals surface area contributed by atoms with Crippen LogP contribution in [0, 0.1) is 6.33 Å². The van der Waals surface area contributed by atoms with Crippen molar-refractivity contribution in [3.05, 3.63) is 48.1 Å². The van der Waals surface area contributed by atoms with Gasteiger partial charge in [0.15, 0.2) is 6.33 Å². The minimum absolute atomic E-state index is 0.498. The van der Waals surface area contributed by atoms with E-state index >= 15 is 0 Å². The molecule has 16 heavy (non-hydrogen) atoms. The van der Waals surface area contributed by atoms with Crippen molar-refractivity contribution >= 4 is 17.1 Å². The third-order valence-corrected chi connectivity index (χ3v) is 2.58. The molecule has 0 saturated heterocycles. The highest BCUT2D eigenvalue weighted by Gasteiger charge is 2.10. The monoisotopic (exact) mass is 229 g/mol. The lowest BCUT2D eigenvalue weighted by atomic mass is 10.2. The number of fused-ring (bicyclic) bond motifs is 1. The van der Waals surface area contributed by atoms with Crippen LogP contribution in [-0.2, 0) is 0 Å². The molecule has 0 N–H and O–H groups in total. The number of aromatic nitrogens is 4. The number of nitrogens with zero attached hydrogens (tertiary/aromatic N) is 4. The molecule has 0 amide bonds. The first-order chi connectivity index (χ1) is 7.86. The first-order valence-electron chi connectivity index (χ1n) is 4.67. The quantitative estimate of drug-likeness (QED) is 0.643. The molecule has 0 aliphatic rings. The van der Waals surface area contributed by atoms with Gasteiger partial charge in [0, 0.05) is 11.8 Å². The minimum atomic E-state index is 0.498. The second kappa shape index (κ2) is 3.57. The Bertz CT molecular complexity index is 647. The zero-order chi connectivity index (χ0) is 11.0. The fourth-order valence-corrected chi connectivity index (χ4v) is 1.78. The van der Waals surface area contributed by atoms with Gasteiger partial charge in [0.05, 0.1) is 28.6 Å². The van der Waals surface area contributed by atoms with E-state index in [9.17, 15) is 0 Å². The summed E-state index contributed by atoms with van der Waals surface area (Å²) in [5, 5.41) is 4.72. The van der Waals surface area contributed by atoms with Crippen LogP contribution in [-0.4, -0.2) is 19.6 Å². The van der Waals surface area contributed by atoms with Crippen LogP contribution < -0.4 is 0 Å². The maximum atomic E-state index is 6.03. The van der Waals surface area contributed by atoms with E-state index in [1.165, 1.54) is 6.20 Å². The molecule has 3 aromatic heterocycles. The first kappa shape index (κ1) is 9.30. The zero-order valence-electron chi connectivity index (χ0n) is 8.13. The van der Waals surface area contributed by atoms with Gasteiger partial charge in [-0.05, 0) is 12.1 Å². The van der Waals surface area contributed by atoms with Gasteiger partial charge in [-0.2, -0.15) is 5.10 Å². The summed E-state index contributed by atoms with van der Waals surface area (Å²) < 4.78 is 1.77. The van der Waals surface area contributed by atoms with Crippen molar-refractivity contribution in [1.82, 2.24) is 19.6 Å². The summed E-state index contributed by atoms with van der Waals surface area (Å²) in [6, 6.07) is 5.82. The summed E-state index contributed by atoms with van der Waals surface area (Å²) in [7, 11) is 0. The van der Waals surface area contributed by atoms with Gasteiger partial charge in [-0.15, -0.1) is 0 Å². The van der Waals surface area contributed by atoms with Crippen LogP contribution in [0.25, 0.3) is 16.8 Å². The van der Waals surface area contributed by atoms with Crippen molar-refractivity contribution in [1.29, 1.82) is 0 Å². The Morgan fingerprint density at radius 3 is 3.06 bits per heavy atom. The van der Waals surface area contributed by atoms with Crippen molar-refractivity contribution in [2.75, 3.05) is 0 Å². The lowest BCUT2D eigenvalue weighted by molar-refractivity contribution is 0.961. The second-order valence-electron chi connectivity index (χ2n) is 3.26. The smallest absolute Gasteiger partial charge is 0.198 e. The summed E-state index contributed by atoms with van der Waals surface area (Å²) in [4.78, 5) is 7.79. The fraction of sp³-hybridized carbons (Fsp3) is 0. The molecule has 0 fully saturated rings. The number of halogens is 1. The normalized spacial score (nSPS) is 10.8. The van der Waals surface area contributed by atoms with E-state index in [1.54, 1.807) is 10.7 Å². The number of rotatable bonds is 1. The molecule has 0 aliphatic heterocycles. The van der Waals surface area contributed by atoms with E-state index in [4.69, 9.17) is 11.6 Å². The van der Waals surface area contributed by atoms with E-state index < -0.39 is 0 Å². The van der Waals surface area contributed by atoms with Gasteiger partial charge in [-0.3, -0.25) is 0 Å². The molecule has 3 heterocycles. The average molecular weight is 230 g/mol. The Morgan fingerprint density at radius 2 is 2.19 bits per heavy atom. The Morgan fingerprint density at radius 1 is 1.25 bits per heavy atom. The molecule has 0 saturated carbocycles. The molecule has 0 spiro atoms. The van der Waals surface area contributed by atoms with Gasteiger partial charge in [0.2, 0.25) is 0 Å². The molecule has 0 aliphatic carbocycles. The Labute approximate surface area is 96.5 Å². The largest absolute Gasteiger partial charge is 0.240 e. The fourth-order valence-electron chi connectivity index (χ4n) is 1.58. The second-order valence-corrected chi connectivity index (χ2v) is 3.66. The molecule has 5 heteroatoms. The molecule has 3 rings (SSSR count). The number of hydrogen-bond acceptors (Lipinski definition) is 3. The summed E-state index contributed by atoms with van der Waals surface area (Å²) in [5.41, 5.74) is 2.48.